The van der Waals surface area contributed by atoms with Crippen LogP contribution >= 0.6 is 11.3 Å². The number of likely N-dealkylation sites (N-methyl/N-ethyl adjacent to an activating group) is 1. The lowest BCUT2D eigenvalue weighted by molar-refractivity contribution is -0.132. The molecule has 1 N–H and O–H groups in total. The number of ether oxygens (including phenoxy) is 1. The van der Waals surface area contributed by atoms with E-state index in [9.17, 15) is 14.7 Å². The molecule has 38 heavy (non-hydrogen) atoms. The fourth-order valence-electron chi connectivity index (χ4n) is 4.89. The number of thiazole rings is 1. The molecule has 4 aromatic rings. The number of amides is 1. The number of nitrogens with zero attached hydrogens (tertiary/aromatic N) is 4. The second-order valence-corrected chi connectivity index (χ2v) is 10.8. The van der Waals surface area contributed by atoms with Crippen LogP contribution in [-0.4, -0.2) is 47.0 Å². The highest BCUT2D eigenvalue weighted by Crippen LogP contribution is 2.44. The molecule has 1 atom stereocenters. The standard InChI is InChI=1S/C29H26N4O4S/c1-16(2)17-7-9-19-23(15-17)38-29(31-19)33-25(20-6-4-5-11-30-20)24(27(35)28(33)36)26(34)18-8-10-22-21(14-18)32(3)12-13-37-22/h4-11,14-16,25,34H,12-13H2,1-3H3/b26-24+. The number of benzene rings is 2. The van der Waals surface area contributed by atoms with Crippen molar-refractivity contribution >= 4 is 49.8 Å². The fraction of sp³-hybridized carbons (Fsp3) is 0.241. The van der Waals surface area contributed by atoms with E-state index in [4.69, 9.17) is 9.72 Å². The molecule has 0 spiro atoms. The number of rotatable bonds is 4. The maximum atomic E-state index is 13.5. The summed E-state index contributed by atoms with van der Waals surface area (Å²) in [6.45, 7) is 5.51. The van der Waals surface area contributed by atoms with Gasteiger partial charge in [-0.1, -0.05) is 37.3 Å². The van der Waals surface area contributed by atoms with Crippen molar-refractivity contribution < 1.29 is 19.4 Å². The van der Waals surface area contributed by atoms with Gasteiger partial charge >= 0.3 is 5.91 Å². The molecule has 1 unspecified atom stereocenters. The molecule has 9 heteroatoms. The average molecular weight is 527 g/mol. The van der Waals surface area contributed by atoms with Gasteiger partial charge in [0.05, 0.1) is 33.7 Å². The number of fused-ring (bicyclic) bond motifs is 2. The lowest BCUT2D eigenvalue weighted by Gasteiger charge is -2.28. The highest BCUT2D eigenvalue weighted by atomic mass is 32.1. The third-order valence-corrected chi connectivity index (χ3v) is 8.03. The largest absolute Gasteiger partial charge is 0.507 e. The molecule has 2 aromatic heterocycles. The molecule has 0 saturated carbocycles. The number of aliphatic hydroxyl groups is 1. The van der Waals surface area contributed by atoms with Crippen LogP contribution in [0.4, 0.5) is 10.8 Å². The Morgan fingerprint density at radius 2 is 1.97 bits per heavy atom. The molecule has 2 aliphatic heterocycles. The van der Waals surface area contributed by atoms with Gasteiger partial charge in [0.15, 0.2) is 5.13 Å². The zero-order valence-electron chi connectivity index (χ0n) is 21.2. The maximum Gasteiger partial charge on any atom is 0.301 e. The van der Waals surface area contributed by atoms with Crippen molar-refractivity contribution in [2.24, 2.45) is 0 Å². The monoisotopic (exact) mass is 526 g/mol. The van der Waals surface area contributed by atoms with Crippen molar-refractivity contribution in [3.63, 3.8) is 0 Å². The van der Waals surface area contributed by atoms with E-state index in [2.05, 4.69) is 24.9 Å². The molecular formula is C29H26N4O4S. The number of hydrogen-bond donors (Lipinski definition) is 1. The second-order valence-electron chi connectivity index (χ2n) is 9.75. The Balaban J connectivity index is 1.51. The molecule has 192 valence electrons. The summed E-state index contributed by atoms with van der Waals surface area (Å²) in [5, 5.41) is 11.9. The molecular weight excluding hydrogens is 500 g/mol. The first-order chi connectivity index (χ1) is 18.3. The number of pyridine rings is 1. The van der Waals surface area contributed by atoms with E-state index in [0.717, 1.165) is 21.5 Å². The summed E-state index contributed by atoms with van der Waals surface area (Å²) in [7, 11) is 1.94. The number of aliphatic hydroxyl groups excluding tert-OH is 1. The number of carbonyl (C=O) groups excluding carboxylic acids is 2. The zero-order valence-corrected chi connectivity index (χ0v) is 22.0. The van der Waals surface area contributed by atoms with Crippen LogP contribution in [0.25, 0.3) is 16.0 Å². The molecule has 1 fully saturated rings. The summed E-state index contributed by atoms with van der Waals surface area (Å²) in [6.07, 6.45) is 1.61. The van der Waals surface area contributed by atoms with E-state index < -0.39 is 17.7 Å². The predicted molar refractivity (Wildman–Crippen MR) is 148 cm³/mol. The van der Waals surface area contributed by atoms with Gasteiger partial charge in [-0.05, 0) is 53.9 Å². The summed E-state index contributed by atoms with van der Waals surface area (Å²) in [4.78, 5) is 39.6. The molecule has 8 nitrogen and oxygen atoms in total. The van der Waals surface area contributed by atoms with Gasteiger partial charge in [-0.25, -0.2) is 4.98 Å². The third-order valence-electron chi connectivity index (χ3n) is 7.01. The van der Waals surface area contributed by atoms with Gasteiger partial charge in [-0.2, -0.15) is 0 Å². The number of Topliss-reactive ketones (excluding diaryl/α,β-unsaturated/α-hetero) is 1. The molecule has 0 bridgehead atoms. The topological polar surface area (TPSA) is 95.9 Å². The summed E-state index contributed by atoms with van der Waals surface area (Å²) >= 11 is 1.35. The number of aromatic nitrogens is 2. The minimum absolute atomic E-state index is 0.0184. The Hall–Kier alpha value is -4.24. The van der Waals surface area contributed by atoms with Gasteiger partial charge in [0.25, 0.3) is 5.78 Å². The molecule has 1 amide bonds. The average Bonchev–Trinajstić information content (AvgIpc) is 3.46. The Morgan fingerprint density at radius 3 is 2.74 bits per heavy atom. The fourth-order valence-corrected chi connectivity index (χ4v) is 5.93. The van der Waals surface area contributed by atoms with Crippen molar-refractivity contribution in [1.82, 2.24) is 9.97 Å². The minimum Gasteiger partial charge on any atom is -0.507 e. The van der Waals surface area contributed by atoms with E-state index in [1.165, 1.54) is 16.2 Å². The lowest BCUT2D eigenvalue weighted by atomic mass is 9.98. The molecule has 0 radical (unpaired) electrons. The number of hydrogen-bond acceptors (Lipinski definition) is 8. The van der Waals surface area contributed by atoms with Crippen LogP contribution in [0.3, 0.4) is 0 Å². The van der Waals surface area contributed by atoms with Crippen LogP contribution in [0.15, 0.2) is 66.4 Å². The van der Waals surface area contributed by atoms with E-state index >= 15 is 0 Å². The highest BCUT2D eigenvalue weighted by Gasteiger charge is 2.49. The minimum atomic E-state index is -0.925. The second kappa shape index (κ2) is 9.25. The van der Waals surface area contributed by atoms with Crippen LogP contribution in [0.1, 0.15) is 42.6 Å². The molecule has 0 aliphatic carbocycles. The Kier molecular flexibility index (Phi) is 5.87. The van der Waals surface area contributed by atoms with Gasteiger partial charge in [0, 0.05) is 18.8 Å². The van der Waals surface area contributed by atoms with Crippen LogP contribution in [0.5, 0.6) is 5.75 Å². The molecule has 6 rings (SSSR count). The van der Waals surface area contributed by atoms with E-state index in [-0.39, 0.29) is 11.3 Å². The summed E-state index contributed by atoms with van der Waals surface area (Å²) in [5.41, 5.74) is 3.58. The SMILES string of the molecule is CC(C)c1ccc2nc(N3C(=O)C(=O)/C(=C(/O)c4ccc5c(c4)N(C)CCO5)C3c3ccccn3)sc2c1. The maximum absolute atomic E-state index is 13.5. The van der Waals surface area contributed by atoms with Crippen LogP contribution < -0.4 is 14.5 Å². The predicted octanol–water partition coefficient (Wildman–Crippen LogP) is 5.27. The Bertz CT molecular complexity index is 1610. The smallest absolute Gasteiger partial charge is 0.301 e. The molecule has 2 aliphatic rings. The van der Waals surface area contributed by atoms with E-state index in [0.29, 0.717) is 41.2 Å². The van der Waals surface area contributed by atoms with Crippen LogP contribution in [-0.2, 0) is 9.59 Å². The van der Waals surface area contributed by atoms with Crippen molar-refractivity contribution in [2.45, 2.75) is 25.8 Å². The highest BCUT2D eigenvalue weighted by molar-refractivity contribution is 7.22. The van der Waals surface area contributed by atoms with Gasteiger partial charge in [-0.15, -0.1) is 0 Å². The summed E-state index contributed by atoms with van der Waals surface area (Å²) < 4.78 is 6.65. The van der Waals surface area contributed by atoms with Gasteiger partial charge in [-0.3, -0.25) is 19.5 Å². The number of ketones is 1. The molecule has 2 aromatic carbocycles. The summed E-state index contributed by atoms with van der Waals surface area (Å²) in [6, 6.07) is 15.6. The number of carbonyl (C=O) groups is 2. The summed E-state index contributed by atoms with van der Waals surface area (Å²) in [5.74, 6) is -0.737. The first-order valence-electron chi connectivity index (χ1n) is 12.4. The first kappa shape index (κ1) is 24.1. The van der Waals surface area contributed by atoms with Crippen molar-refractivity contribution in [1.29, 1.82) is 0 Å². The van der Waals surface area contributed by atoms with Crippen molar-refractivity contribution in [2.75, 3.05) is 30.0 Å². The van der Waals surface area contributed by atoms with E-state index in [1.54, 1.807) is 42.6 Å². The van der Waals surface area contributed by atoms with Gasteiger partial charge in [0.2, 0.25) is 0 Å². The lowest BCUT2D eigenvalue weighted by Crippen LogP contribution is -2.29. The molecule has 1 saturated heterocycles. The van der Waals surface area contributed by atoms with Crippen LogP contribution in [0, 0.1) is 0 Å². The normalized spacial score (nSPS) is 18.8. The first-order valence-corrected chi connectivity index (χ1v) is 13.3. The van der Waals surface area contributed by atoms with Gasteiger partial charge in [0.1, 0.15) is 24.2 Å². The van der Waals surface area contributed by atoms with Crippen molar-refractivity contribution in [3.05, 3.63) is 83.2 Å². The Labute approximate surface area is 223 Å². The van der Waals surface area contributed by atoms with Crippen LogP contribution in [0.2, 0.25) is 0 Å². The zero-order chi connectivity index (χ0) is 26.6. The van der Waals surface area contributed by atoms with E-state index in [1.807, 2.05) is 24.1 Å². The van der Waals surface area contributed by atoms with Crippen molar-refractivity contribution in [3.8, 4) is 5.75 Å². The van der Waals surface area contributed by atoms with Gasteiger partial charge < -0.3 is 14.7 Å². The quantitative estimate of drug-likeness (QED) is 0.220. The Morgan fingerprint density at radius 1 is 1.13 bits per heavy atom. The molecule has 4 heterocycles. The third kappa shape index (κ3) is 3.90. The number of anilines is 2.